The molecule has 0 bridgehead atoms. The number of likely N-dealkylation sites (tertiary alicyclic amines) is 1. The van der Waals surface area contributed by atoms with Gasteiger partial charge in [-0.25, -0.2) is 4.39 Å². The van der Waals surface area contributed by atoms with E-state index in [-0.39, 0.29) is 30.0 Å². The number of carbonyl (C=O) groups is 2. The Balaban J connectivity index is 1.61. The van der Waals surface area contributed by atoms with Crippen LogP contribution >= 0.6 is 0 Å². The molecule has 0 spiro atoms. The van der Waals surface area contributed by atoms with Crippen LogP contribution in [0.25, 0.3) is 11.3 Å². The van der Waals surface area contributed by atoms with Gasteiger partial charge in [0.15, 0.2) is 5.76 Å². The highest BCUT2D eigenvalue weighted by atomic mass is 19.1. The van der Waals surface area contributed by atoms with E-state index in [1.54, 1.807) is 30.0 Å². The van der Waals surface area contributed by atoms with E-state index in [1.807, 2.05) is 0 Å². The smallest absolute Gasteiger partial charge is 0.310 e. The molecule has 1 aliphatic rings. The highest BCUT2D eigenvalue weighted by Crippen LogP contribution is 2.22. The molecular formula is C19H21FN2O4. The Kier molecular flexibility index (Phi) is 5.65. The molecule has 1 aromatic carbocycles. The van der Waals surface area contributed by atoms with Crippen molar-refractivity contribution in [3.05, 3.63) is 41.8 Å². The molecule has 1 aliphatic heterocycles. The summed E-state index contributed by atoms with van der Waals surface area (Å²) in [5, 5.41) is 3.93. The number of carbonyl (C=O) groups excluding carboxylic acids is 2. The number of amides is 1. The predicted octanol–water partition coefficient (Wildman–Crippen LogP) is 2.82. The highest BCUT2D eigenvalue weighted by molar-refractivity contribution is 5.80. The second-order valence-corrected chi connectivity index (χ2v) is 6.30. The van der Waals surface area contributed by atoms with Crippen molar-refractivity contribution in [2.75, 3.05) is 19.7 Å². The molecule has 2 aromatic rings. The van der Waals surface area contributed by atoms with Crippen molar-refractivity contribution in [2.24, 2.45) is 5.92 Å². The molecule has 0 N–H and O–H groups in total. The summed E-state index contributed by atoms with van der Waals surface area (Å²) in [6, 6.07) is 7.54. The molecule has 1 amide bonds. The first-order valence-corrected chi connectivity index (χ1v) is 8.72. The lowest BCUT2D eigenvalue weighted by atomic mass is 9.98. The van der Waals surface area contributed by atoms with Crippen molar-refractivity contribution >= 4 is 11.9 Å². The zero-order valence-electron chi connectivity index (χ0n) is 14.6. The predicted molar refractivity (Wildman–Crippen MR) is 91.5 cm³/mol. The Labute approximate surface area is 150 Å². The number of nitrogens with zero attached hydrogens (tertiary/aromatic N) is 2. The van der Waals surface area contributed by atoms with Gasteiger partial charge in [-0.05, 0) is 44.0 Å². The van der Waals surface area contributed by atoms with Gasteiger partial charge in [-0.1, -0.05) is 5.16 Å². The molecule has 0 unspecified atom stereocenters. The van der Waals surface area contributed by atoms with E-state index in [4.69, 9.17) is 9.26 Å². The number of halogens is 1. The summed E-state index contributed by atoms with van der Waals surface area (Å²) in [5.41, 5.74) is 1.20. The highest BCUT2D eigenvalue weighted by Gasteiger charge is 2.29. The van der Waals surface area contributed by atoms with Gasteiger partial charge >= 0.3 is 5.97 Å². The van der Waals surface area contributed by atoms with Gasteiger partial charge in [-0.15, -0.1) is 0 Å². The van der Waals surface area contributed by atoms with Gasteiger partial charge in [0.1, 0.15) is 5.82 Å². The molecule has 6 nitrogen and oxygen atoms in total. The molecule has 7 heteroatoms. The number of piperidine rings is 1. The number of rotatable bonds is 5. The number of aromatic nitrogens is 1. The van der Waals surface area contributed by atoms with Crippen LogP contribution in [0.3, 0.4) is 0 Å². The maximum atomic E-state index is 13.0. The number of ether oxygens (including phenoxy) is 1. The van der Waals surface area contributed by atoms with Gasteiger partial charge in [0.2, 0.25) is 5.91 Å². The van der Waals surface area contributed by atoms with E-state index >= 15 is 0 Å². The lowest BCUT2D eigenvalue weighted by molar-refractivity contribution is -0.151. The van der Waals surface area contributed by atoms with Gasteiger partial charge in [0.05, 0.1) is 24.6 Å². The second kappa shape index (κ2) is 8.12. The summed E-state index contributed by atoms with van der Waals surface area (Å²) >= 11 is 0. The molecule has 1 fully saturated rings. The third-order valence-corrected chi connectivity index (χ3v) is 4.41. The SMILES string of the molecule is CCOC(=O)[C@@H]1CCCN(C(=O)Cc2cc(-c3ccc(F)cc3)on2)C1. The maximum absolute atomic E-state index is 13.0. The van der Waals surface area contributed by atoms with Crippen LogP contribution in [0.15, 0.2) is 34.9 Å². The summed E-state index contributed by atoms with van der Waals surface area (Å²) in [4.78, 5) is 26.1. The molecule has 3 rings (SSSR count). The number of esters is 1. The van der Waals surface area contributed by atoms with E-state index in [9.17, 15) is 14.0 Å². The van der Waals surface area contributed by atoms with Crippen molar-refractivity contribution in [1.29, 1.82) is 0 Å². The number of benzene rings is 1. The Morgan fingerprint density at radius 3 is 2.85 bits per heavy atom. The van der Waals surface area contributed by atoms with Crippen LogP contribution in [0.4, 0.5) is 4.39 Å². The summed E-state index contributed by atoms with van der Waals surface area (Å²) in [6.45, 7) is 3.11. The third-order valence-electron chi connectivity index (χ3n) is 4.41. The fourth-order valence-corrected chi connectivity index (χ4v) is 3.07. The first-order valence-electron chi connectivity index (χ1n) is 8.72. The largest absolute Gasteiger partial charge is 0.466 e. The van der Waals surface area contributed by atoms with E-state index in [0.717, 1.165) is 12.8 Å². The monoisotopic (exact) mass is 360 g/mol. The van der Waals surface area contributed by atoms with E-state index < -0.39 is 0 Å². The zero-order chi connectivity index (χ0) is 18.5. The topological polar surface area (TPSA) is 72.6 Å². The molecule has 1 saturated heterocycles. The Morgan fingerprint density at radius 2 is 2.12 bits per heavy atom. The van der Waals surface area contributed by atoms with Gasteiger partial charge in [0.25, 0.3) is 0 Å². The van der Waals surface area contributed by atoms with Crippen molar-refractivity contribution in [2.45, 2.75) is 26.2 Å². The molecule has 0 aliphatic carbocycles. The van der Waals surface area contributed by atoms with Gasteiger partial charge in [0, 0.05) is 24.7 Å². The fraction of sp³-hybridized carbons (Fsp3) is 0.421. The molecule has 138 valence electrons. The van der Waals surface area contributed by atoms with Crippen LogP contribution in [-0.2, 0) is 20.7 Å². The van der Waals surface area contributed by atoms with Crippen LogP contribution in [0, 0.1) is 11.7 Å². The minimum absolute atomic E-state index is 0.0975. The van der Waals surface area contributed by atoms with Gasteiger partial charge in [-0.3, -0.25) is 9.59 Å². The summed E-state index contributed by atoms with van der Waals surface area (Å²) < 4.78 is 23.3. The quantitative estimate of drug-likeness (QED) is 0.767. The van der Waals surface area contributed by atoms with E-state index in [2.05, 4.69) is 5.16 Å². The fourth-order valence-electron chi connectivity index (χ4n) is 3.07. The van der Waals surface area contributed by atoms with E-state index in [0.29, 0.717) is 36.7 Å². The normalized spacial score (nSPS) is 17.2. The molecule has 0 saturated carbocycles. The summed E-state index contributed by atoms with van der Waals surface area (Å²) in [5.74, 6) is -0.455. The van der Waals surface area contributed by atoms with Crippen LogP contribution in [0.2, 0.25) is 0 Å². The van der Waals surface area contributed by atoms with Crippen molar-refractivity contribution in [3.8, 4) is 11.3 Å². The minimum atomic E-state index is -0.329. The maximum Gasteiger partial charge on any atom is 0.310 e. The molecule has 26 heavy (non-hydrogen) atoms. The van der Waals surface area contributed by atoms with Crippen LogP contribution in [0.5, 0.6) is 0 Å². The molecule has 0 radical (unpaired) electrons. The number of hydrogen-bond donors (Lipinski definition) is 0. The lowest BCUT2D eigenvalue weighted by Gasteiger charge is -2.31. The Bertz CT molecular complexity index is 772. The van der Waals surface area contributed by atoms with E-state index in [1.165, 1.54) is 12.1 Å². The summed E-state index contributed by atoms with van der Waals surface area (Å²) in [6.07, 6.45) is 1.61. The van der Waals surface area contributed by atoms with Gasteiger partial charge in [-0.2, -0.15) is 0 Å². The first-order chi connectivity index (χ1) is 12.6. The van der Waals surface area contributed by atoms with Crippen LogP contribution in [-0.4, -0.2) is 41.6 Å². The first kappa shape index (κ1) is 18.1. The van der Waals surface area contributed by atoms with Crippen LogP contribution in [0.1, 0.15) is 25.5 Å². The second-order valence-electron chi connectivity index (χ2n) is 6.30. The Morgan fingerprint density at radius 1 is 1.35 bits per heavy atom. The molecule has 1 aromatic heterocycles. The Hall–Kier alpha value is -2.70. The number of hydrogen-bond acceptors (Lipinski definition) is 5. The van der Waals surface area contributed by atoms with Crippen molar-refractivity contribution in [1.82, 2.24) is 10.1 Å². The molecular weight excluding hydrogens is 339 g/mol. The zero-order valence-corrected chi connectivity index (χ0v) is 14.6. The molecule has 2 heterocycles. The van der Waals surface area contributed by atoms with Crippen LogP contribution < -0.4 is 0 Å². The minimum Gasteiger partial charge on any atom is -0.466 e. The average Bonchev–Trinajstić information content (AvgIpc) is 3.11. The standard InChI is InChI=1S/C19H21FN2O4/c1-2-25-19(24)14-4-3-9-22(12-14)18(23)11-16-10-17(26-21-16)13-5-7-15(20)8-6-13/h5-8,10,14H,2-4,9,11-12H2,1H3/t14-/m1/s1. The third kappa shape index (κ3) is 4.28. The lowest BCUT2D eigenvalue weighted by Crippen LogP contribution is -2.43. The molecule has 1 atom stereocenters. The van der Waals surface area contributed by atoms with Crippen molar-refractivity contribution < 1.29 is 23.2 Å². The average molecular weight is 360 g/mol. The van der Waals surface area contributed by atoms with Crippen molar-refractivity contribution in [3.63, 3.8) is 0 Å². The summed E-state index contributed by atoms with van der Waals surface area (Å²) in [7, 11) is 0. The van der Waals surface area contributed by atoms with Gasteiger partial charge < -0.3 is 14.2 Å².